The van der Waals surface area contributed by atoms with E-state index in [9.17, 15) is 14.4 Å². The van der Waals surface area contributed by atoms with Gasteiger partial charge in [-0.1, -0.05) is 44.2 Å². The molecule has 0 saturated heterocycles. The van der Waals surface area contributed by atoms with Gasteiger partial charge in [0.25, 0.3) is 0 Å². The molecule has 2 aromatic rings. The third kappa shape index (κ3) is 5.67. The largest absolute Gasteiger partial charge is 0.462 e. The van der Waals surface area contributed by atoms with Crippen molar-refractivity contribution in [1.82, 2.24) is 0 Å². The fourth-order valence-electron chi connectivity index (χ4n) is 2.63. The lowest BCUT2D eigenvalue weighted by atomic mass is 10.0. The van der Waals surface area contributed by atoms with E-state index < -0.39 is 17.8 Å². The SMILES string of the molecule is CCOC(=O)c1ccccc1NC(=O)CC(=O)Nc1ccccc1C(C)C. The smallest absolute Gasteiger partial charge is 0.340 e. The first-order valence-corrected chi connectivity index (χ1v) is 8.87. The molecule has 0 fully saturated rings. The minimum Gasteiger partial charge on any atom is -0.462 e. The Morgan fingerprint density at radius 1 is 0.889 bits per heavy atom. The number of amides is 2. The van der Waals surface area contributed by atoms with Gasteiger partial charge in [-0.05, 0) is 36.6 Å². The maximum absolute atomic E-state index is 12.2. The summed E-state index contributed by atoms with van der Waals surface area (Å²) in [6, 6.07) is 14.0. The fourth-order valence-corrected chi connectivity index (χ4v) is 2.63. The number of hydrogen-bond donors (Lipinski definition) is 2. The molecule has 142 valence electrons. The van der Waals surface area contributed by atoms with Gasteiger partial charge in [-0.25, -0.2) is 4.79 Å². The highest BCUT2D eigenvalue weighted by Crippen LogP contribution is 2.24. The molecule has 2 rings (SSSR count). The van der Waals surface area contributed by atoms with E-state index in [1.165, 1.54) is 0 Å². The van der Waals surface area contributed by atoms with Crippen molar-refractivity contribution < 1.29 is 19.1 Å². The molecule has 2 aromatic carbocycles. The topological polar surface area (TPSA) is 84.5 Å². The van der Waals surface area contributed by atoms with Gasteiger partial charge in [0.15, 0.2) is 0 Å². The lowest BCUT2D eigenvalue weighted by Gasteiger charge is -2.14. The van der Waals surface area contributed by atoms with E-state index in [0.29, 0.717) is 11.4 Å². The highest BCUT2D eigenvalue weighted by atomic mass is 16.5. The number of benzene rings is 2. The molecule has 2 amide bonds. The van der Waals surface area contributed by atoms with Crippen LogP contribution in [-0.2, 0) is 14.3 Å². The van der Waals surface area contributed by atoms with Crippen molar-refractivity contribution >= 4 is 29.2 Å². The molecule has 0 aliphatic heterocycles. The molecule has 0 saturated carbocycles. The molecule has 0 aliphatic rings. The number of rotatable bonds is 7. The molecular formula is C21H24N2O4. The highest BCUT2D eigenvalue weighted by Gasteiger charge is 2.16. The number of carbonyl (C=O) groups is 3. The van der Waals surface area contributed by atoms with Crippen molar-refractivity contribution in [2.75, 3.05) is 17.2 Å². The van der Waals surface area contributed by atoms with E-state index in [1.807, 2.05) is 32.0 Å². The van der Waals surface area contributed by atoms with Gasteiger partial charge in [0.1, 0.15) is 6.42 Å². The van der Waals surface area contributed by atoms with Gasteiger partial charge in [0.05, 0.1) is 17.9 Å². The van der Waals surface area contributed by atoms with E-state index in [0.717, 1.165) is 5.56 Å². The summed E-state index contributed by atoms with van der Waals surface area (Å²) < 4.78 is 4.98. The van der Waals surface area contributed by atoms with Crippen LogP contribution in [0.15, 0.2) is 48.5 Å². The molecule has 0 aliphatic carbocycles. The Balaban J connectivity index is 2.03. The summed E-state index contributed by atoms with van der Waals surface area (Å²) in [4.78, 5) is 36.4. The van der Waals surface area contributed by atoms with Crippen LogP contribution < -0.4 is 10.6 Å². The Morgan fingerprint density at radius 3 is 2.07 bits per heavy atom. The number of carbonyl (C=O) groups excluding carboxylic acids is 3. The van der Waals surface area contributed by atoms with Crippen LogP contribution in [0.4, 0.5) is 11.4 Å². The molecule has 0 heterocycles. The van der Waals surface area contributed by atoms with Gasteiger partial charge in [0, 0.05) is 5.69 Å². The second kappa shape index (κ2) is 9.52. The first kappa shape index (κ1) is 20.2. The lowest BCUT2D eigenvalue weighted by molar-refractivity contribution is -0.123. The van der Waals surface area contributed by atoms with E-state index in [1.54, 1.807) is 37.3 Å². The predicted octanol–water partition coefficient (Wildman–Crippen LogP) is 3.95. The summed E-state index contributed by atoms with van der Waals surface area (Å²) in [5, 5.41) is 5.38. The van der Waals surface area contributed by atoms with E-state index >= 15 is 0 Å². The van der Waals surface area contributed by atoms with Gasteiger partial charge in [0.2, 0.25) is 11.8 Å². The molecular weight excluding hydrogens is 344 g/mol. The van der Waals surface area contributed by atoms with Crippen molar-refractivity contribution in [2.45, 2.75) is 33.1 Å². The van der Waals surface area contributed by atoms with E-state index in [-0.39, 0.29) is 24.5 Å². The Morgan fingerprint density at radius 2 is 1.44 bits per heavy atom. The molecule has 0 unspecified atom stereocenters. The van der Waals surface area contributed by atoms with Gasteiger partial charge >= 0.3 is 5.97 Å². The summed E-state index contributed by atoms with van der Waals surface area (Å²) in [6.45, 7) is 6.01. The molecule has 0 spiro atoms. The number of ether oxygens (including phenoxy) is 1. The van der Waals surface area contributed by atoms with Crippen molar-refractivity contribution in [1.29, 1.82) is 0 Å². The van der Waals surface area contributed by atoms with Crippen LogP contribution in [0.3, 0.4) is 0 Å². The fraction of sp³-hybridized carbons (Fsp3) is 0.286. The van der Waals surface area contributed by atoms with Crippen molar-refractivity contribution in [3.63, 3.8) is 0 Å². The van der Waals surface area contributed by atoms with Crippen LogP contribution in [0.2, 0.25) is 0 Å². The third-order valence-corrected chi connectivity index (χ3v) is 3.87. The van der Waals surface area contributed by atoms with Crippen molar-refractivity contribution in [3.8, 4) is 0 Å². The normalized spacial score (nSPS) is 10.4. The van der Waals surface area contributed by atoms with E-state index in [4.69, 9.17) is 4.74 Å². The highest BCUT2D eigenvalue weighted by molar-refractivity contribution is 6.10. The monoisotopic (exact) mass is 368 g/mol. The van der Waals surface area contributed by atoms with Crippen molar-refractivity contribution in [3.05, 3.63) is 59.7 Å². The summed E-state index contributed by atoms with van der Waals surface area (Å²) in [7, 11) is 0. The van der Waals surface area contributed by atoms with Crippen molar-refractivity contribution in [2.24, 2.45) is 0 Å². The Bertz CT molecular complexity index is 830. The molecule has 27 heavy (non-hydrogen) atoms. The van der Waals surface area contributed by atoms with Crippen LogP contribution in [0.25, 0.3) is 0 Å². The first-order chi connectivity index (χ1) is 12.9. The van der Waals surface area contributed by atoms with Crippen LogP contribution in [0, 0.1) is 0 Å². The number of nitrogens with one attached hydrogen (secondary N) is 2. The lowest BCUT2D eigenvalue weighted by Crippen LogP contribution is -2.23. The Kier molecular flexibility index (Phi) is 7.11. The molecule has 6 nitrogen and oxygen atoms in total. The molecule has 6 heteroatoms. The summed E-state index contributed by atoms with van der Waals surface area (Å²) in [5.41, 5.74) is 2.26. The molecule has 0 bridgehead atoms. The number of anilines is 2. The van der Waals surface area contributed by atoms with Gasteiger partial charge < -0.3 is 15.4 Å². The Labute approximate surface area is 158 Å². The maximum atomic E-state index is 12.2. The maximum Gasteiger partial charge on any atom is 0.340 e. The zero-order valence-electron chi connectivity index (χ0n) is 15.7. The number of hydrogen-bond acceptors (Lipinski definition) is 4. The summed E-state index contributed by atoms with van der Waals surface area (Å²) >= 11 is 0. The zero-order valence-corrected chi connectivity index (χ0v) is 15.7. The van der Waals surface area contributed by atoms with Crippen LogP contribution in [0.1, 0.15) is 49.0 Å². The Hall–Kier alpha value is -3.15. The average Bonchev–Trinajstić information content (AvgIpc) is 2.62. The van der Waals surface area contributed by atoms with Gasteiger partial charge in [-0.3, -0.25) is 9.59 Å². The van der Waals surface area contributed by atoms with Gasteiger partial charge in [-0.2, -0.15) is 0 Å². The first-order valence-electron chi connectivity index (χ1n) is 8.87. The number of para-hydroxylation sites is 2. The molecule has 2 N–H and O–H groups in total. The minimum atomic E-state index is -0.524. The zero-order chi connectivity index (χ0) is 19.8. The third-order valence-electron chi connectivity index (χ3n) is 3.87. The number of esters is 1. The van der Waals surface area contributed by atoms with Crippen LogP contribution in [0.5, 0.6) is 0 Å². The van der Waals surface area contributed by atoms with Gasteiger partial charge in [-0.15, -0.1) is 0 Å². The standard InChI is InChI=1S/C21H24N2O4/c1-4-27-21(26)16-10-6-8-12-18(16)23-20(25)13-19(24)22-17-11-7-5-9-15(17)14(2)3/h5-12,14H,4,13H2,1-3H3,(H,22,24)(H,23,25). The second-order valence-corrected chi connectivity index (χ2v) is 6.28. The van der Waals surface area contributed by atoms with E-state index in [2.05, 4.69) is 10.6 Å². The second-order valence-electron chi connectivity index (χ2n) is 6.28. The van der Waals surface area contributed by atoms with Crippen LogP contribution in [-0.4, -0.2) is 24.4 Å². The minimum absolute atomic E-state index is 0.235. The summed E-state index contributed by atoms with van der Waals surface area (Å²) in [6.07, 6.45) is -0.358. The predicted molar refractivity (Wildman–Crippen MR) is 105 cm³/mol. The molecule has 0 radical (unpaired) electrons. The average molecular weight is 368 g/mol. The summed E-state index contributed by atoms with van der Waals surface area (Å²) in [5.74, 6) is -1.21. The molecule has 0 atom stereocenters. The quantitative estimate of drug-likeness (QED) is 0.572. The van der Waals surface area contributed by atoms with Crippen LogP contribution >= 0.6 is 0 Å². The molecule has 0 aromatic heterocycles.